The maximum atomic E-state index is 13.8. The fourth-order valence-corrected chi connectivity index (χ4v) is 4.51. The quantitative estimate of drug-likeness (QED) is 0.184. The Hall–Kier alpha value is -4.15. The van der Waals surface area contributed by atoms with E-state index in [0.29, 0.717) is 43.0 Å². The molecule has 2 heterocycles. The molecule has 17 heteroatoms. The number of alkyl halides is 9. The molecule has 0 atom stereocenters. The van der Waals surface area contributed by atoms with Crippen LogP contribution in [0.4, 0.5) is 45.5 Å². The van der Waals surface area contributed by atoms with E-state index in [9.17, 15) is 39.5 Å². The van der Waals surface area contributed by atoms with Crippen LogP contribution in [-0.4, -0.2) is 43.7 Å². The van der Waals surface area contributed by atoms with E-state index in [1.54, 1.807) is 10.9 Å². The Morgan fingerprint density at radius 2 is 1.43 bits per heavy atom. The van der Waals surface area contributed by atoms with Gasteiger partial charge in [-0.3, -0.25) is 4.68 Å². The molecule has 0 unspecified atom stereocenters. The molecule has 0 saturated carbocycles. The Bertz CT molecular complexity index is 1560. The van der Waals surface area contributed by atoms with Gasteiger partial charge in [0.15, 0.2) is 0 Å². The van der Waals surface area contributed by atoms with Crippen LogP contribution in [0, 0.1) is 0 Å². The maximum absolute atomic E-state index is 13.8. The van der Waals surface area contributed by atoms with E-state index in [4.69, 9.17) is 4.74 Å². The first-order valence-electron chi connectivity index (χ1n) is 13.0. The summed E-state index contributed by atoms with van der Waals surface area (Å²) in [6.45, 7) is 1.42. The third-order valence-corrected chi connectivity index (χ3v) is 6.59. The van der Waals surface area contributed by atoms with Crippen LogP contribution in [0.15, 0.2) is 42.6 Å². The Morgan fingerprint density at radius 1 is 0.795 bits per heavy atom. The van der Waals surface area contributed by atoms with Gasteiger partial charge in [0.05, 0.1) is 42.6 Å². The molecule has 4 rings (SSSR count). The molecule has 0 radical (unpaired) electrons. The highest BCUT2D eigenvalue weighted by atomic mass is 19.4. The summed E-state index contributed by atoms with van der Waals surface area (Å²) in [6, 6.07) is 4.04. The first-order chi connectivity index (χ1) is 20.5. The van der Waals surface area contributed by atoms with Crippen LogP contribution >= 0.6 is 0 Å². The van der Waals surface area contributed by atoms with Gasteiger partial charge >= 0.3 is 18.5 Å². The minimum Gasteiger partial charge on any atom is -0.383 e. The average Bonchev–Trinajstić information content (AvgIpc) is 3.55. The van der Waals surface area contributed by atoms with Gasteiger partial charge in [0.25, 0.3) is 5.95 Å². The van der Waals surface area contributed by atoms with Gasteiger partial charge in [-0.1, -0.05) is 18.1 Å². The van der Waals surface area contributed by atoms with Crippen LogP contribution in [0.25, 0.3) is 11.3 Å². The van der Waals surface area contributed by atoms with Gasteiger partial charge < -0.3 is 9.64 Å². The SMILES string of the molecule is CCc1cn(CCOC)nc1-c1ccc(C(F)(F)F)cc1CN(Cc1cc(C(F)(F)F)cc(C(F)(F)F)c1)c1nnn(C)n1. The van der Waals surface area contributed by atoms with Crippen LogP contribution in [-0.2, 0) is 56.4 Å². The summed E-state index contributed by atoms with van der Waals surface area (Å²) in [7, 11) is 2.87. The summed E-state index contributed by atoms with van der Waals surface area (Å²) < 4.78 is 129. The van der Waals surface area contributed by atoms with Gasteiger partial charge in [0.1, 0.15) is 0 Å². The summed E-state index contributed by atoms with van der Waals surface area (Å²) >= 11 is 0. The molecule has 8 nitrogen and oxygen atoms in total. The van der Waals surface area contributed by atoms with Gasteiger partial charge in [0.2, 0.25) is 0 Å². The Kier molecular flexibility index (Phi) is 9.27. The molecule has 0 fully saturated rings. The molecule has 4 aromatic rings. The van der Waals surface area contributed by atoms with Crippen molar-refractivity contribution < 1.29 is 44.3 Å². The van der Waals surface area contributed by atoms with Crippen molar-refractivity contribution >= 4 is 5.95 Å². The summed E-state index contributed by atoms with van der Waals surface area (Å²) in [4.78, 5) is 2.14. The number of hydrogen-bond donors (Lipinski definition) is 0. The second kappa shape index (κ2) is 12.5. The van der Waals surface area contributed by atoms with Gasteiger partial charge in [-0.05, 0) is 58.7 Å². The molecule has 2 aromatic carbocycles. The first-order valence-corrected chi connectivity index (χ1v) is 13.0. The molecule has 44 heavy (non-hydrogen) atoms. The molecule has 0 aliphatic heterocycles. The van der Waals surface area contributed by atoms with Crippen LogP contribution in [0.2, 0.25) is 0 Å². The topological polar surface area (TPSA) is 73.9 Å². The van der Waals surface area contributed by atoms with Crippen molar-refractivity contribution in [3.63, 3.8) is 0 Å². The highest BCUT2D eigenvalue weighted by Gasteiger charge is 2.37. The minimum atomic E-state index is -5.10. The van der Waals surface area contributed by atoms with Crippen LogP contribution < -0.4 is 4.90 Å². The van der Waals surface area contributed by atoms with Gasteiger partial charge in [-0.15, -0.1) is 5.10 Å². The van der Waals surface area contributed by atoms with E-state index < -0.39 is 53.9 Å². The van der Waals surface area contributed by atoms with E-state index in [-0.39, 0.29) is 23.1 Å². The highest BCUT2D eigenvalue weighted by Crippen LogP contribution is 2.38. The zero-order chi connectivity index (χ0) is 32.4. The molecule has 0 saturated heterocycles. The molecule has 0 N–H and O–H groups in total. The number of rotatable bonds is 10. The number of tetrazole rings is 1. The largest absolute Gasteiger partial charge is 0.416 e. The highest BCUT2D eigenvalue weighted by molar-refractivity contribution is 5.68. The van der Waals surface area contributed by atoms with E-state index in [1.807, 2.05) is 6.92 Å². The zero-order valence-corrected chi connectivity index (χ0v) is 23.5. The number of methoxy groups -OCH3 is 1. The molecule has 0 spiro atoms. The summed E-state index contributed by atoms with van der Waals surface area (Å²) in [6.07, 6.45) is -12.8. The fourth-order valence-electron chi connectivity index (χ4n) is 4.51. The normalized spacial score (nSPS) is 12.6. The number of benzene rings is 2. The summed E-state index contributed by atoms with van der Waals surface area (Å²) in [5.41, 5.74) is -3.16. The van der Waals surface area contributed by atoms with E-state index in [2.05, 4.69) is 20.5 Å². The lowest BCUT2D eigenvalue weighted by Crippen LogP contribution is -2.25. The molecule has 0 amide bonds. The molecular weight excluding hydrogens is 609 g/mol. The van der Waals surface area contributed by atoms with Crippen LogP contribution in [0.5, 0.6) is 0 Å². The number of halogens is 9. The third kappa shape index (κ3) is 7.67. The number of aryl methyl sites for hydroxylation is 2. The van der Waals surface area contributed by atoms with Crippen LogP contribution in [0.3, 0.4) is 0 Å². The van der Waals surface area contributed by atoms with Crippen molar-refractivity contribution in [2.75, 3.05) is 18.6 Å². The van der Waals surface area contributed by atoms with E-state index in [0.717, 1.165) is 21.8 Å². The first kappa shape index (κ1) is 32.8. The third-order valence-electron chi connectivity index (χ3n) is 6.59. The van der Waals surface area contributed by atoms with Crippen molar-refractivity contribution in [2.24, 2.45) is 7.05 Å². The Balaban J connectivity index is 1.85. The molecule has 2 aromatic heterocycles. The zero-order valence-electron chi connectivity index (χ0n) is 23.5. The minimum absolute atomic E-state index is 0.00843. The fraction of sp³-hybridized carbons (Fsp3) is 0.407. The van der Waals surface area contributed by atoms with Crippen molar-refractivity contribution in [3.8, 4) is 11.3 Å². The Labute approximate surface area is 245 Å². The van der Waals surface area contributed by atoms with E-state index >= 15 is 0 Å². The van der Waals surface area contributed by atoms with E-state index in [1.165, 1.54) is 20.2 Å². The predicted octanol–water partition coefficient (Wildman–Crippen LogP) is 6.55. The smallest absolute Gasteiger partial charge is 0.383 e. The summed E-state index contributed by atoms with van der Waals surface area (Å²) in [5.74, 6) is -0.233. The molecule has 238 valence electrons. The molecule has 0 aliphatic carbocycles. The molecular formula is C27H26F9N7O. The average molecular weight is 636 g/mol. The number of hydrogen-bond acceptors (Lipinski definition) is 6. The molecule has 0 aliphatic rings. The second-order valence-electron chi connectivity index (χ2n) is 9.83. The van der Waals surface area contributed by atoms with Crippen molar-refractivity contribution in [2.45, 2.75) is 51.5 Å². The van der Waals surface area contributed by atoms with Gasteiger partial charge in [-0.2, -0.15) is 49.4 Å². The molecule has 0 bridgehead atoms. The number of aromatic nitrogens is 6. The lowest BCUT2D eigenvalue weighted by Gasteiger charge is -2.24. The predicted molar refractivity (Wildman–Crippen MR) is 139 cm³/mol. The van der Waals surface area contributed by atoms with Gasteiger partial charge in [-0.25, -0.2) is 0 Å². The van der Waals surface area contributed by atoms with Crippen LogP contribution in [0.1, 0.15) is 40.3 Å². The Morgan fingerprint density at radius 3 is 1.95 bits per heavy atom. The number of nitrogens with zero attached hydrogens (tertiary/aromatic N) is 7. The lowest BCUT2D eigenvalue weighted by molar-refractivity contribution is -0.143. The van der Waals surface area contributed by atoms with Crippen molar-refractivity contribution in [1.82, 2.24) is 30.0 Å². The summed E-state index contributed by atoms with van der Waals surface area (Å²) in [5, 5.41) is 16.0. The lowest BCUT2D eigenvalue weighted by atomic mass is 9.97. The number of anilines is 1. The van der Waals surface area contributed by atoms with Crippen molar-refractivity contribution in [1.29, 1.82) is 0 Å². The maximum Gasteiger partial charge on any atom is 0.416 e. The van der Waals surface area contributed by atoms with Gasteiger partial charge in [0, 0.05) is 32.0 Å². The monoisotopic (exact) mass is 635 g/mol. The number of ether oxygens (including phenoxy) is 1. The second-order valence-corrected chi connectivity index (χ2v) is 9.83. The standard InChI is InChI=1S/C27H26F9N7O/c1-4-17-15-43(7-8-44-3)38-23(17)22-6-5-19(25(28,29)30)11-18(22)14-42(24-37-40-41(2)39-24)13-16-9-20(26(31,32)33)12-21(10-16)27(34,35)36/h5-6,9-12,15H,4,7-8,13-14H2,1-3H3. The van der Waals surface area contributed by atoms with Crippen molar-refractivity contribution in [3.05, 3.63) is 76.0 Å².